The molecular weight excluding hydrogens is 244 g/mol. The Hall–Kier alpha value is -0.650. The summed E-state index contributed by atoms with van der Waals surface area (Å²) >= 11 is 0. The van der Waals surface area contributed by atoms with Crippen molar-refractivity contribution in [2.75, 3.05) is 26.7 Å². The summed E-state index contributed by atoms with van der Waals surface area (Å²) < 4.78 is 5.59. The summed E-state index contributed by atoms with van der Waals surface area (Å²) in [4.78, 5) is 13.6. The molecule has 0 bridgehead atoms. The Kier molecular flexibility index (Phi) is 6.23. The predicted octanol–water partition coefficient (Wildman–Crippen LogP) is 1.33. The van der Waals surface area contributed by atoms with Gasteiger partial charge >= 0.3 is 5.97 Å². The van der Waals surface area contributed by atoms with Crippen molar-refractivity contribution >= 4 is 5.97 Å². The lowest BCUT2D eigenvalue weighted by molar-refractivity contribution is -0.145. The minimum absolute atomic E-state index is 0.157. The van der Waals surface area contributed by atoms with E-state index in [2.05, 4.69) is 10.2 Å². The quantitative estimate of drug-likeness (QED) is 0.698. The van der Waals surface area contributed by atoms with Gasteiger partial charge in [-0.1, -0.05) is 0 Å². The second-order valence-corrected chi connectivity index (χ2v) is 6.08. The van der Waals surface area contributed by atoms with Crippen molar-refractivity contribution in [1.82, 2.24) is 10.2 Å². The zero-order chi connectivity index (χ0) is 14.5. The third kappa shape index (κ3) is 5.47. The highest BCUT2D eigenvalue weighted by atomic mass is 16.5. The van der Waals surface area contributed by atoms with Crippen molar-refractivity contribution in [3.8, 4) is 0 Å². The summed E-state index contributed by atoms with van der Waals surface area (Å²) in [5.74, 6) is -0.785. The maximum Gasteiger partial charge on any atom is 0.323 e. The molecule has 1 aliphatic rings. The van der Waals surface area contributed by atoms with Crippen molar-refractivity contribution in [1.29, 1.82) is 0 Å². The number of aliphatic carboxylic acids is 1. The van der Waals surface area contributed by atoms with E-state index in [0.717, 1.165) is 32.5 Å². The predicted molar refractivity (Wildman–Crippen MR) is 75.4 cm³/mol. The van der Waals surface area contributed by atoms with Crippen LogP contribution in [-0.4, -0.2) is 60.4 Å². The van der Waals surface area contributed by atoms with Gasteiger partial charge in [0.2, 0.25) is 0 Å². The number of nitrogens with one attached hydrogen (secondary N) is 1. The summed E-state index contributed by atoms with van der Waals surface area (Å²) in [7, 11) is 2.03. The summed E-state index contributed by atoms with van der Waals surface area (Å²) in [6, 6.07) is 0.157. The molecule has 0 amide bonds. The van der Waals surface area contributed by atoms with Crippen molar-refractivity contribution < 1.29 is 14.6 Å². The number of hydrogen-bond acceptors (Lipinski definition) is 4. The molecule has 0 aromatic heterocycles. The molecule has 0 aliphatic carbocycles. The number of carboxylic acids is 1. The van der Waals surface area contributed by atoms with Crippen LogP contribution in [0.5, 0.6) is 0 Å². The van der Waals surface area contributed by atoms with Gasteiger partial charge < -0.3 is 14.7 Å². The summed E-state index contributed by atoms with van der Waals surface area (Å²) in [6.45, 7) is 8.20. The summed E-state index contributed by atoms with van der Waals surface area (Å²) in [6.07, 6.45) is 3.16. The molecule has 0 spiro atoms. The smallest absolute Gasteiger partial charge is 0.323 e. The van der Waals surface area contributed by atoms with Crippen LogP contribution in [0.4, 0.5) is 0 Å². The Morgan fingerprint density at radius 1 is 1.58 bits per heavy atom. The second kappa shape index (κ2) is 7.22. The number of hydrogen-bond donors (Lipinski definition) is 2. The van der Waals surface area contributed by atoms with E-state index in [0.29, 0.717) is 12.5 Å². The average molecular weight is 272 g/mol. The van der Waals surface area contributed by atoms with Crippen LogP contribution in [0.3, 0.4) is 0 Å². The first kappa shape index (κ1) is 16.4. The Balaban J connectivity index is 2.39. The fourth-order valence-electron chi connectivity index (χ4n) is 2.52. The van der Waals surface area contributed by atoms with Crippen LogP contribution in [0.25, 0.3) is 0 Å². The lowest BCUT2D eigenvalue weighted by Gasteiger charge is -2.31. The van der Waals surface area contributed by atoms with Gasteiger partial charge in [-0.15, -0.1) is 0 Å². The standard InChI is InChI=1S/C14H28N2O3/c1-11(2)15-14(3,13(17)18)7-8-16(4)10-12-6-5-9-19-12/h11-12,15H,5-10H2,1-4H3,(H,17,18). The Morgan fingerprint density at radius 3 is 2.74 bits per heavy atom. The van der Waals surface area contributed by atoms with E-state index in [-0.39, 0.29) is 6.04 Å². The number of ether oxygens (including phenoxy) is 1. The van der Waals surface area contributed by atoms with Crippen LogP contribution >= 0.6 is 0 Å². The minimum Gasteiger partial charge on any atom is -0.480 e. The van der Waals surface area contributed by atoms with Crippen LogP contribution in [0.1, 0.15) is 40.0 Å². The van der Waals surface area contributed by atoms with Crippen molar-refractivity contribution in [3.05, 3.63) is 0 Å². The van der Waals surface area contributed by atoms with Gasteiger partial charge in [0.1, 0.15) is 5.54 Å². The van der Waals surface area contributed by atoms with E-state index in [1.807, 2.05) is 20.9 Å². The molecule has 0 aromatic carbocycles. The lowest BCUT2D eigenvalue weighted by atomic mass is 9.96. The van der Waals surface area contributed by atoms with E-state index in [1.54, 1.807) is 6.92 Å². The summed E-state index contributed by atoms with van der Waals surface area (Å²) in [5, 5.41) is 12.5. The molecule has 1 saturated heterocycles. The van der Waals surface area contributed by atoms with Gasteiger partial charge in [0.05, 0.1) is 6.10 Å². The molecule has 2 unspecified atom stereocenters. The van der Waals surface area contributed by atoms with Crippen molar-refractivity contribution in [2.24, 2.45) is 0 Å². The van der Waals surface area contributed by atoms with Gasteiger partial charge in [-0.2, -0.15) is 0 Å². The fraction of sp³-hybridized carbons (Fsp3) is 0.929. The highest BCUT2D eigenvalue weighted by Gasteiger charge is 2.33. The molecule has 5 heteroatoms. The van der Waals surface area contributed by atoms with Gasteiger partial charge in [0, 0.05) is 25.7 Å². The molecule has 2 atom stereocenters. The molecule has 2 N–H and O–H groups in total. The average Bonchev–Trinajstić information content (AvgIpc) is 2.78. The van der Waals surface area contributed by atoms with Crippen LogP contribution < -0.4 is 5.32 Å². The maximum atomic E-state index is 11.4. The van der Waals surface area contributed by atoms with E-state index in [9.17, 15) is 9.90 Å². The van der Waals surface area contributed by atoms with Crippen LogP contribution in [0.15, 0.2) is 0 Å². The highest BCUT2D eigenvalue weighted by molar-refractivity contribution is 5.78. The van der Waals surface area contributed by atoms with Gasteiger partial charge in [0.15, 0.2) is 0 Å². The molecule has 112 valence electrons. The third-order valence-corrected chi connectivity index (χ3v) is 3.61. The van der Waals surface area contributed by atoms with Crippen LogP contribution in [-0.2, 0) is 9.53 Å². The molecule has 0 aromatic rings. The number of carboxylic acid groups (broad SMARTS) is 1. The van der Waals surface area contributed by atoms with Crippen LogP contribution in [0.2, 0.25) is 0 Å². The fourth-order valence-corrected chi connectivity index (χ4v) is 2.52. The zero-order valence-electron chi connectivity index (χ0n) is 12.6. The van der Waals surface area contributed by atoms with E-state index in [4.69, 9.17) is 4.74 Å². The normalized spacial score (nSPS) is 22.9. The number of likely N-dealkylation sites (N-methyl/N-ethyl adjacent to an activating group) is 1. The number of nitrogens with zero attached hydrogens (tertiary/aromatic N) is 1. The van der Waals surface area contributed by atoms with E-state index < -0.39 is 11.5 Å². The molecule has 0 saturated carbocycles. The maximum absolute atomic E-state index is 11.4. The topological polar surface area (TPSA) is 61.8 Å². The minimum atomic E-state index is -0.862. The Morgan fingerprint density at radius 2 is 2.26 bits per heavy atom. The highest BCUT2D eigenvalue weighted by Crippen LogP contribution is 2.15. The molecule has 1 heterocycles. The molecular formula is C14H28N2O3. The first-order valence-corrected chi connectivity index (χ1v) is 7.15. The zero-order valence-corrected chi connectivity index (χ0v) is 12.6. The molecule has 0 radical (unpaired) electrons. The lowest BCUT2D eigenvalue weighted by Crippen LogP contribution is -2.53. The molecule has 1 aliphatic heterocycles. The van der Waals surface area contributed by atoms with E-state index >= 15 is 0 Å². The van der Waals surface area contributed by atoms with Gasteiger partial charge in [0.25, 0.3) is 0 Å². The second-order valence-electron chi connectivity index (χ2n) is 6.08. The Labute approximate surface area is 116 Å². The van der Waals surface area contributed by atoms with Gasteiger partial charge in [-0.05, 0) is 47.1 Å². The number of carbonyl (C=O) groups is 1. The molecule has 5 nitrogen and oxygen atoms in total. The molecule has 1 rings (SSSR count). The largest absolute Gasteiger partial charge is 0.480 e. The first-order chi connectivity index (χ1) is 8.83. The summed E-state index contributed by atoms with van der Waals surface area (Å²) in [5.41, 5.74) is -0.862. The molecule has 1 fully saturated rings. The van der Waals surface area contributed by atoms with E-state index in [1.165, 1.54) is 0 Å². The first-order valence-electron chi connectivity index (χ1n) is 7.15. The van der Waals surface area contributed by atoms with Crippen LogP contribution in [0, 0.1) is 0 Å². The third-order valence-electron chi connectivity index (χ3n) is 3.61. The van der Waals surface area contributed by atoms with Crippen molar-refractivity contribution in [2.45, 2.75) is 57.7 Å². The Bertz CT molecular complexity index is 290. The SMILES string of the molecule is CC(C)NC(C)(CCN(C)CC1CCCO1)C(=O)O. The monoisotopic (exact) mass is 272 g/mol. The number of rotatable bonds is 8. The molecule has 19 heavy (non-hydrogen) atoms. The van der Waals surface area contributed by atoms with Gasteiger partial charge in [-0.3, -0.25) is 10.1 Å². The van der Waals surface area contributed by atoms with Gasteiger partial charge in [-0.25, -0.2) is 0 Å². The van der Waals surface area contributed by atoms with Crippen molar-refractivity contribution in [3.63, 3.8) is 0 Å².